The van der Waals surface area contributed by atoms with E-state index in [-0.39, 0.29) is 18.5 Å². The Hall–Kier alpha value is -3.43. The van der Waals surface area contributed by atoms with Crippen LogP contribution in [0.1, 0.15) is 43.7 Å². The van der Waals surface area contributed by atoms with Crippen molar-refractivity contribution in [1.82, 2.24) is 25.0 Å². The molecule has 7 nitrogen and oxygen atoms in total. The molecule has 0 aliphatic heterocycles. The minimum absolute atomic E-state index is 0.0959. The number of imidazole rings is 1. The lowest BCUT2D eigenvalue weighted by molar-refractivity contribution is 0.133. The summed E-state index contributed by atoms with van der Waals surface area (Å²) >= 11 is 1.70. The van der Waals surface area contributed by atoms with Crippen LogP contribution >= 0.6 is 11.9 Å². The van der Waals surface area contributed by atoms with Crippen LogP contribution in [0.5, 0.6) is 0 Å². The maximum atomic E-state index is 13.3. The molecule has 1 atom stereocenters. The van der Waals surface area contributed by atoms with Gasteiger partial charge in [-0.1, -0.05) is 43.1 Å². The van der Waals surface area contributed by atoms with Gasteiger partial charge >= 0.3 is 6.09 Å². The van der Waals surface area contributed by atoms with E-state index < -0.39 is 6.09 Å². The fraction of sp³-hybridized carbons (Fsp3) is 0.296. The van der Waals surface area contributed by atoms with E-state index in [1.165, 1.54) is 12.1 Å². The van der Waals surface area contributed by atoms with Gasteiger partial charge < -0.3 is 15.0 Å². The Morgan fingerprint density at radius 2 is 1.94 bits per heavy atom. The molecule has 0 aliphatic rings. The van der Waals surface area contributed by atoms with Crippen LogP contribution in [0.4, 0.5) is 9.18 Å². The predicted molar refractivity (Wildman–Crippen MR) is 142 cm³/mol. The number of aromatic amines is 1. The van der Waals surface area contributed by atoms with Crippen molar-refractivity contribution < 1.29 is 13.9 Å². The van der Waals surface area contributed by atoms with Gasteiger partial charge in [-0.25, -0.2) is 14.2 Å². The van der Waals surface area contributed by atoms with Gasteiger partial charge in [0.1, 0.15) is 18.2 Å². The number of amides is 1. The summed E-state index contributed by atoms with van der Waals surface area (Å²) < 4.78 is 22.0. The van der Waals surface area contributed by atoms with Crippen molar-refractivity contribution in [3.05, 3.63) is 84.2 Å². The average Bonchev–Trinajstić information content (AvgIpc) is 3.33. The molecule has 0 spiro atoms. The molecule has 0 unspecified atom stereocenters. The van der Waals surface area contributed by atoms with Crippen molar-refractivity contribution in [2.45, 2.75) is 38.8 Å². The van der Waals surface area contributed by atoms with Gasteiger partial charge in [-0.15, -0.1) is 0 Å². The van der Waals surface area contributed by atoms with E-state index in [1.54, 1.807) is 30.3 Å². The van der Waals surface area contributed by atoms with Gasteiger partial charge in [-0.2, -0.15) is 0 Å². The minimum Gasteiger partial charge on any atom is -0.443 e. The molecule has 0 saturated heterocycles. The molecule has 0 saturated carbocycles. The van der Waals surface area contributed by atoms with Crippen molar-refractivity contribution >= 4 is 29.1 Å². The lowest BCUT2D eigenvalue weighted by atomic mass is 10.1. The molecule has 2 aromatic heterocycles. The van der Waals surface area contributed by atoms with Crippen molar-refractivity contribution in [2.24, 2.45) is 0 Å². The quantitative estimate of drug-likeness (QED) is 0.157. The SMILES string of the molecule is CCSNCCCC[C@H](NC(=O)OCc1ccccn1)c1nc2ccc(-c3ccc(F)cc3)cc2[nH]1. The zero-order valence-electron chi connectivity index (χ0n) is 20.2. The number of carbonyl (C=O) groups excluding carboxylic acids is 1. The molecular formula is C27H30FN5O2S. The molecular weight excluding hydrogens is 477 g/mol. The van der Waals surface area contributed by atoms with Gasteiger partial charge in [-0.3, -0.25) is 9.71 Å². The van der Waals surface area contributed by atoms with E-state index in [9.17, 15) is 9.18 Å². The third-order valence-corrected chi connectivity index (χ3v) is 6.34. The molecule has 0 aliphatic carbocycles. The molecule has 4 rings (SSSR count). The standard InChI is InChI=1S/C27H30FN5O2S/c1-2-36-30-16-6-4-8-24(33-27(34)35-18-22-7-3-5-15-29-22)26-31-23-14-11-20(17-25(23)32-26)19-9-12-21(28)13-10-19/h3,5,7,9-15,17,24,30H,2,4,6,8,16,18H2,1H3,(H,31,32)(H,33,34)/t24-/m0/s1. The van der Waals surface area contributed by atoms with Crippen molar-refractivity contribution in [1.29, 1.82) is 0 Å². The second-order valence-electron chi connectivity index (χ2n) is 8.28. The topological polar surface area (TPSA) is 91.9 Å². The number of nitrogens with one attached hydrogen (secondary N) is 3. The first-order valence-electron chi connectivity index (χ1n) is 12.1. The van der Waals surface area contributed by atoms with E-state index in [0.717, 1.165) is 47.3 Å². The molecule has 0 radical (unpaired) electrons. The normalized spacial score (nSPS) is 11.9. The zero-order chi connectivity index (χ0) is 25.2. The lowest BCUT2D eigenvalue weighted by Gasteiger charge is -2.16. The van der Waals surface area contributed by atoms with Crippen LogP contribution < -0.4 is 10.0 Å². The van der Waals surface area contributed by atoms with E-state index in [4.69, 9.17) is 9.72 Å². The lowest BCUT2D eigenvalue weighted by Crippen LogP contribution is -2.30. The Kier molecular flexibility index (Phi) is 9.29. The largest absolute Gasteiger partial charge is 0.443 e. The number of ether oxygens (including phenoxy) is 1. The molecule has 4 aromatic rings. The van der Waals surface area contributed by atoms with Crippen LogP contribution in [0.25, 0.3) is 22.2 Å². The fourth-order valence-corrected chi connectivity index (χ4v) is 4.31. The highest BCUT2D eigenvalue weighted by molar-refractivity contribution is 7.97. The van der Waals surface area contributed by atoms with Gasteiger partial charge in [0, 0.05) is 18.5 Å². The molecule has 9 heteroatoms. The summed E-state index contributed by atoms with van der Waals surface area (Å²) in [7, 11) is 0. The molecule has 3 N–H and O–H groups in total. The Balaban J connectivity index is 1.47. The van der Waals surface area contributed by atoms with Crippen LogP contribution in [-0.4, -0.2) is 33.3 Å². The summed E-state index contributed by atoms with van der Waals surface area (Å²) in [4.78, 5) is 24.9. The van der Waals surface area contributed by atoms with Crippen molar-refractivity contribution in [3.8, 4) is 11.1 Å². The number of rotatable bonds is 12. The fourth-order valence-electron chi connectivity index (χ4n) is 3.82. The first kappa shape index (κ1) is 25.7. The molecule has 1 amide bonds. The number of fused-ring (bicyclic) bond motifs is 1. The molecule has 0 fully saturated rings. The van der Waals surface area contributed by atoms with Gasteiger partial charge in [0.25, 0.3) is 0 Å². The van der Waals surface area contributed by atoms with Crippen molar-refractivity contribution in [2.75, 3.05) is 12.3 Å². The summed E-state index contributed by atoms with van der Waals surface area (Å²) in [5.74, 6) is 1.42. The number of aromatic nitrogens is 3. The number of hydrogen-bond acceptors (Lipinski definition) is 6. The number of nitrogens with zero attached hydrogens (tertiary/aromatic N) is 2. The van der Waals surface area contributed by atoms with Crippen LogP contribution in [0.15, 0.2) is 66.9 Å². The smallest absolute Gasteiger partial charge is 0.408 e. The number of alkyl carbamates (subject to hydrolysis) is 1. The molecule has 2 heterocycles. The Morgan fingerprint density at radius 1 is 1.11 bits per heavy atom. The van der Waals surface area contributed by atoms with Crippen molar-refractivity contribution in [3.63, 3.8) is 0 Å². The van der Waals surface area contributed by atoms with Gasteiger partial charge in [0.2, 0.25) is 0 Å². The van der Waals surface area contributed by atoms with Gasteiger partial charge in [0.05, 0.1) is 22.8 Å². The highest BCUT2D eigenvalue weighted by Crippen LogP contribution is 2.26. The summed E-state index contributed by atoms with van der Waals surface area (Å²) in [6.07, 6.45) is 3.74. The third kappa shape index (κ3) is 7.29. The average molecular weight is 508 g/mol. The van der Waals surface area contributed by atoms with E-state index >= 15 is 0 Å². The Morgan fingerprint density at radius 3 is 2.72 bits per heavy atom. The molecule has 36 heavy (non-hydrogen) atoms. The number of halogens is 1. The monoisotopic (exact) mass is 507 g/mol. The number of pyridine rings is 1. The maximum absolute atomic E-state index is 13.3. The number of hydrogen-bond donors (Lipinski definition) is 3. The number of carbonyl (C=O) groups is 1. The summed E-state index contributed by atoms with van der Waals surface area (Å²) in [5, 5.41) is 2.97. The van der Waals surface area contributed by atoms with Gasteiger partial charge in [-0.05, 0) is 66.8 Å². The van der Waals surface area contributed by atoms with Crippen LogP contribution in [0.2, 0.25) is 0 Å². The summed E-state index contributed by atoms with van der Waals surface area (Å²) in [6.45, 7) is 3.10. The highest BCUT2D eigenvalue weighted by Gasteiger charge is 2.19. The highest BCUT2D eigenvalue weighted by atomic mass is 32.2. The summed E-state index contributed by atoms with van der Waals surface area (Å²) in [5.41, 5.74) is 4.20. The first-order chi connectivity index (χ1) is 17.6. The summed E-state index contributed by atoms with van der Waals surface area (Å²) in [6, 6.07) is 17.4. The van der Waals surface area contributed by atoms with Crippen LogP contribution in [0.3, 0.4) is 0 Å². The maximum Gasteiger partial charge on any atom is 0.408 e. The molecule has 0 bridgehead atoms. The number of H-pyrrole nitrogens is 1. The van der Waals surface area contributed by atoms with Crippen LogP contribution in [0, 0.1) is 5.82 Å². The third-order valence-electron chi connectivity index (χ3n) is 5.65. The Bertz CT molecular complexity index is 1250. The number of benzene rings is 2. The first-order valence-corrected chi connectivity index (χ1v) is 13.0. The second kappa shape index (κ2) is 13.0. The van der Waals surface area contributed by atoms with E-state index in [1.807, 2.05) is 36.4 Å². The van der Waals surface area contributed by atoms with Gasteiger partial charge in [0.15, 0.2) is 0 Å². The molecule has 188 valence electrons. The zero-order valence-corrected chi connectivity index (χ0v) is 21.0. The van der Waals surface area contributed by atoms with E-state index in [0.29, 0.717) is 17.9 Å². The predicted octanol–water partition coefficient (Wildman–Crippen LogP) is 6.16. The van der Waals surface area contributed by atoms with E-state index in [2.05, 4.69) is 26.9 Å². The second-order valence-corrected chi connectivity index (χ2v) is 9.43. The Labute approximate surface area is 214 Å². The minimum atomic E-state index is -0.516. The van der Waals surface area contributed by atoms with Crippen LogP contribution in [-0.2, 0) is 11.3 Å². The number of unbranched alkanes of at least 4 members (excludes halogenated alkanes) is 1. The molecule has 2 aromatic carbocycles.